The van der Waals surface area contributed by atoms with Gasteiger partial charge in [-0.3, -0.25) is 4.79 Å². The van der Waals surface area contributed by atoms with Gasteiger partial charge in [-0.05, 0) is 32.0 Å². The third-order valence-electron chi connectivity index (χ3n) is 3.21. The molecule has 0 fully saturated rings. The average Bonchev–Trinajstić information content (AvgIpc) is 2.83. The molecule has 1 aliphatic rings. The highest BCUT2D eigenvalue weighted by Gasteiger charge is 2.23. The number of aromatic nitrogens is 1. The van der Waals surface area contributed by atoms with E-state index >= 15 is 0 Å². The van der Waals surface area contributed by atoms with E-state index in [1.54, 1.807) is 18.3 Å². The number of carbonyl (C=O) groups is 1. The maximum atomic E-state index is 11.6. The van der Waals surface area contributed by atoms with Gasteiger partial charge in [0.1, 0.15) is 5.75 Å². The summed E-state index contributed by atoms with van der Waals surface area (Å²) in [6.07, 6.45) is -0.443. The summed E-state index contributed by atoms with van der Waals surface area (Å²) in [7, 11) is 0. The SMILES string of the molecule is Cc1ncsc1CNc1ccc2c(c1)NC(=O)C(C)O2. The lowest BCUT2D eigenvalue weighted by Gasteiger charge is -2.23. The van der Waals surface area contributed by atoms with Crippen molar-refractivity contribution in [3.8, 4) is 5.75 Å². The Labute approximate surface area is 121 Å². The second kappa shape index (κ2) is 5.13. The first-order valence-electron chi connectivity index (χ1n) is 6.38. The average molecular weight is 289 g/mol. The second-order valence-corrected chi connectivity index (χ2v) is 5.61. The molecule has 2 aromatic rings. The Morgan fingerprint density at radius 2 is 2.35 bits per heavy atom. The van der Waals surface area contributed by atoms with Gasteiger partial charge < -0.3 is 15.4 Å². The summed E-state index contributed by atoms with van der Waals surface area (Å²) in [6.45, 7) is 4.45. The van der Waals surface area contributed by atoms with E-state index in [0.29, 0.717) is 11.4 Å². The normalized spacial score (nSPS) is 17.1. The first-order valence-corrected chi connectivity index (χ1v) is 7.26. The van der Waals surface area contributed by atoms with Crippen LogP contribution in [0.1, 0.15) is 17.5 Å². The molecular formula is C14H15N3O2S. The van der Waals surface area contributed by atoms with E-state index in [0.717, 1.165) is 17.9 Å². The number of fused-ring (bicyclic) bond motifs is 1. The molecule has 5 nitrogen and oxygen atoms in total. The lowest BCUT2D eigenvalue weighted by Crippen LogP contribution is -2.34. The quantitative estimate of drug-likeness (QED) is 0.912. The molecule has 20 heavy (non-hydrogen) atoms. The molecule has 0 saturated heterocycles. The fraction of sp³-hybridized carbons (Fsp3) is 0.286. The van der Waals surface area contributed by atoms with Gasteiger partial charge >= 0.3 is 0 Å². The Morgan fingerprint density at radius 3 is 3.10 bits per heavy atom. The number of nitrogens with one attached hydrogen (secondary N) is 2. The topological polar surface area (TPSA) is 63.2 Å². The molecule has 1 atom stereocenters. The summed E-state index contributed by atoms with van der Waals surface area (Å²) in [4.78, 5) is 17.0. The van der Waals surface area contributed by atoms with Gasteiger partial charge in [0.05, 0.1) is 23.4 Å². The van der Waals surface area contributed by atoms with E-state index < -0.39 is 6.10 Å². The predicted molar refractivity (Wildman–Crippen MR) is 79.3 cm³/mol. The lowest BCUT2D eigenvalue weighted by molar-refractivity contribution is -0.122. The molecule has 0 radical (unpaired) electrons. The van der Waals surface area contributed by atoms with Crippen LogP contribution in [0.4, 0.5) is 11.4 Å². The molecule has 0 saturated carbocycles. The maximum absolute atomic E-state index is 11.6. The summed E-state index contributed by atoms with van der Waals surface area (Å²) in [5.74, 6) is 0.588. The van der Waals surface area contributed by atoms with Crippen molar-refractivity contribution < 1.29 is 9.53 Å². The van der Waals surface area contributed by atoms with Crippen molar-refractivity contribution >= 4 is 28.6 Å². The van der Waals surface area contributed by atoms with E-state index in [4.69, 9.17) is 4.74 Å². The molecule has 104 valence electrons. The highest BCUT2D eigenvalue weighted by molar-refractivity contribution is 7.09. The number of amides is 1. The van der Waals surface area contributed by atoms with Gasteiger partial charge in [0.2, 0.25) is 0 Å². The van der Waals surface area contributed by atoms with Gasteiger partial charge in [0.15, 0.2) is 6.10 Å². The summed E-state index contributed by atoms with van der Waals surface area (Å²) in [5.41, 5.74) is 4.54. The van der Waals surface area contributed by atoms with E-state index in [2.05, 4.69) is 15.6 Å². The number of aryl methyl sites for hydroxylation is 1. The zero-order valence-electron chi connectivity index (χ0n) is 11.3. The molecule has 0 aliphatic carbocycles. The van der Waals surface area contributed by atoms with Crippen molar-refractivity contribution in [3.05, 3.63) is 34.3 Å². The Kier molecular flexibility index (Phi) is 3.31. The number of rotatable bonds is 3. The zero-order chi connectivity index (χ0) is 14.1. The number of benzene rings is 1. The largest absolute Gasteiger partial charge is 0.479 e. The van der Waals surface area contributed by atoms with E-state index in [9.17, 15) is 4.79 Å². The van der Waals surface area contributed by atoms with Crippen molar-refractivity contribution in [2.24, 2.45) is 0 Å². The molecule has 2 heterocycles. The minimum absolute atomic E-state index is 0.118. The van der Waals surface area contributed by atoms with Crippen molar-refractivity contribution in [1.82, 2.24) is 4.98 Å². The van der Waals surface area contributed by atoms with Crippen LogP contribution >= 0.6 is 11.3 Å². The van der Waals surface area contributed by atoms with Crippen molar-refractivity contribution in [1.29, 1.82) is 0 Å². The van der Waals surface area contributed by atoms with Gasteiger partial charge in [0.25, 0.3) is 5.91 Å². The molecule has 3 rings (SSSR count). The highest BCUT2D eigenvalue weighted by atomic mass is 32.1. The van der Waals surface area contributed by atoms with Crippen molar-refractivity contribution in [3.63, 3.8) is 0 Å². The molecule has 0 bridgehead atoms. The van der Waals surface area contributed by atoms with Gasteiger partial charge in [-0.2, -0.15) is 0 Å². The molecule has 6 heteroatoms. The fourth-order valence-electron chi connectivity index (χ4n) is 2.00. The van der Waals surface area contributed by atoms with Crippen LogP contribution in [0.15, 0.2) is 23.7 Å². The minimum atomic E-state index is -0.443. The van der Waals surface area contributed by atoms with Crippen LogP contribution in [-0.4, -0.2) is 17.0 Å². The van der Waals surface area contributed by atoms with Crippen LogP contribution in [0.2, 0.25) is 0 Å². The smallest absolute Gasteiger partial charge is 0.265 e. The summed E-state index contributed by atoms with van der Waals surface area (Å²) in [6, 6.07) is 5.70. The van der Waals surface area contributed by atoms with E-state index in [1.165, 1.54) is 4.88 Å². The molecule has 0 spiro atoms. The highest BCUT2D eigenvalue weighted by Crippen LogP contribution is 2.32. The number of anilines is 2. The Morgan fingerprint density at radius 1 is 1.50 bits per heavy atom. The summed E-state index contributed by atoms with van der Waals surface area (Å²) >= 11 is 1.63. The van der Waals surface area contributed by atoms with Crippen LogP contribution in [0.5, 0.6) is 5.75 Å². The van der Waals surface area contributed by atoms with Gasteiger partial charge in [-0.25, -0.2) is 4.98 Å². The number of hydrogen-bond donors (Lipinski definition) is 2. The monoisotopic (exact) mass is 289 g/mol. The number of thiazole rings is 1. The summed E-state index contributed by atoms with van der Waals surface area (Å²) in [5, 5.41) is 6.17. The first kappa shape index (κ1) is 12.9. The molecule has 1 aromatic carbocycles. The summed E-state index contributed by atoms with van der Waals surface area (Å²) < 4.78 is 5.52. The number of hydrogen-bond acceptors (Lipinski definition) is 5. The predicted octanol–water partition coefficient (Wildman–Crippen LogP) is 2.78. The Bertz CT molecular complexity index is 654. The molecule has 2 N–H and O–H groups in total. The van der Waals surface area contributed by atoms with Crippen molar-refractivity contribution in [2.45, 2.75) is 26.5 Å². The van der Waals surface area contributed by atoms with Gasteiger partial charge in [0, 0.05) is 10.6 Å². The van der Waals surface area contributed by atoms with Crippen molar-refractivity contribution in [2.75, 3.05) is 10.6 Å². The van der Waals surface area contributed by atoms with E-state index in [1.807, 2.05) is 30.6 Å². The number of nitrogens with zero attached hydrogens (tertiary/aromatic N) is 1. The first-order chi connectivity index (χ1) is 9.63. The zero-order valence-corrected chi connectivity index (χ0v) is 12.1. The molecule has 1 aliphatic heterocycles. The van der Waals surface area contributed by atoms with E-state index in [-0.39, 0.29) is 5.91 Å². The van der Waals surface area contributed by atoms with Crippen LogP contribution in [0.25, 0.3) is 0 Å². The Hall–Kier alpha value is -2.08. The number of carbonyl (C=O) groups excluding carboxylic acids is 1. The second-order valence-electron chi connectivity index (χ2n) is 4.67. The van der Waals surface area contributed by atoms with Gasteiger partial charge in [-0.1, -0.05) is 0 Å². The number of ether oxygens (including phenoxy) is 1. The molecule has 1 amide bonds. The van der Waals surface area contributed by atoms with Crippen LogP contribution < -0.4 is 15.4 Å². The third-order valence-corrected chi connectivity index (χ3v) is 4.14. The molecular weight excluding hydrogens is 274 g/mol. The standard InChI is InChI=1S/C14H15N3O2S/c1-8-13(20-7-16-8)6-15-10-3-4-12-11(5-10)17-14(18)9(2)19-12/h3-5,7,9,15H,6H2,1-2H3,(H,17,18). The maximum Gasteiger partial charge on any atom is 0.265 e. The Balaban J connectivity index is 1.74. The molecule has 1 aromatic heterocycles. The minimum Gasteiger partial charge on any atom is -0.479 e. The third kappa shape index (κ3) is 2.46. The van der Waals surface area contributed by atoms with Crippen LogP contribution in [0, 0.1) is 6.92 Å². The fourth-order valence-corrected chi connectivity index (χ4v) is 2.71. The van der Waals surface area contributed by atoms with Crippen LogP contribution in [0.3, 0.4) is 0 Å². The molecule has 1 unspecified atom stereocenters. The lowest BCUT2D eigenvalue weighted by atomic mass is 10.2. The van der Waals surface area contributed by atoms with Crippen LogP contribution in [-0.2, 0) is 11.3 Å². The van der Waals surface area contributed by atoms with Gasteiger partial charge in [-0.15, -0.1) is 11.3 Å².